The summed E-state index contributed by atoms with van der Waals surface area (Å²) in [6.07, 6.45) is 7.80. The molecule has 3 nitrogen and oxygen atoms in total. The lowest BCUT2D eigenvalue weighted by atomic mass is 9.77. The Morgan fingerprint density at radius 1 is 1.33 bits per heavy atom. The highest BCUT2D eigenvalue weighted by molar-refractivity contribution is 4.80. The van der Waals surface area contributed by atoms with Crippen LogP contribution >= 0.6 is 0 Å². The summed E-state index contributed by atoms with van der Waals surface area (Å²) >= 11 is 0. The lowest BCUT2D eigenvalue weighted by molar-refractivity contribution is 0.150. The molecule has 0 aliphatic heterocycles. The molecule has 1 atom stereocenters. The quantitative estimate of drug-likeness (QED) is 0.525. The molecule has 1 unspecified atom stereocenters. The number of ether oxygens (including phenoxy) is 1. The van der Waals surface area contributed by atoms with E-state index >= 15 is 0 Å². The first-order valence-corrected chi connectivity index (χ1v) is 6.26. The van der Waals surface area contributed by atoms with Crippen molar-refractivity contribution in [3.63, 3.8) is 0 Å². The van der Waals surface area contributed by atoms with Crippen molar-refractivity contribution >= 4 is 0 Å². The smallest absolute Gasteiger partial charge is 0.0477 e. The molecular weight excluding hydrogens is 188 g/mol. The van der Waals surface area contributed by atoms with Gasteiger partial charge in [-0.2, -0.15) is 0 Å². The third-order valence-corrected chi connectivity index (χ3v) is 3.88. The van der Waals surface area contributed by atoms with E-state index in [4.69, 9.17) is 10.6 Å². The van der Waals surface area contributed by atoms with Gasteiger partial charge in [-0.15, -0.1) is 0 Å². The van der Waals surface area contributed by atoms with Crippen LogP contribution in [0.25, 0.3) is 0 Å². The second-order valence-corrected chi connectivity index (χ2v) is 4.74. The second-order valence-electron chi connectivity index (χ2n) is 4.74. The van der Waals surface area contributed by atoms with E-state index < -0.39 is 0 Å². The number of rotatable bonds is 6. The molecule has 1 saturated carbocycles. The van der Waals surface area contributed by atoms with Crippen LogP contribution in [0.2, 0.25) is 0 Å². The van der Waals surface area contributed by atoms with Crippen molar-refractivity contribution in [1.29, 1.82) is 0 Å². The molecule has 0 heterocycles. The van der Waals surface area contributed by atoms with E-state index in [2.05, 4.69) is 12.3 Å². The van der Waals surface area contributed by atoms with E-state index in [9.17, 15) is 0 Å². The van der Waals surface area contributed by atoms with Crippen molar-refractivity contribution in [3.05, 3.63) is 0 Å². The molecule has 0 radical (unpaired) electrons. The summed E-state index contributed by atoms with van der Waals surface area (Å²) < 4.78 is 5.11. The van der Waals surface area contributed by atoms with E-state index in [1.54, 1.807) is 7.11 Å². The summed E-state index contributed by atoms with van der Waals surface area (Å²) in [7, 11) is 1.75. The zero-order valence-corrected chi connectivity index (χ0v) is 10.2. The van der Waals surface area contributed by atoms with Crippen LogP contribution < -0.4 is 11.3 Å². The fourth-order valence-electron chi connectivity index (χ4n) is 2.70. The van der Waals surface area contributed by atoms with Crippen LogP contribution in [-0.2, 0) is 4.74 Å². The molecule has 1 aliphatic carbocycles. The van der Waals surface area contributed by atoms with Crippen molar-refractivity contribution in [1.82, 2.24) is 5.43 Å². The van der Waals surface area contributed by atoms with Gasteiger partial charge in [0.2, 0.25) is 0 Å². The maximum Gasteiger partial charge on any atom is 0.0477 e. The maximum absolute atomic E-state index is 5.61. The van der Waals surface area contributed by atoms with Crippen LogP contribution in [0, 0.1) is 11.8 Å². The molecule has 3 N–H and O–H groups in total. The minimum absolute atomic E-state index is 0.447. The van der Waals surface area contributed by atoms with E-state index in [-0.39, 0.29) is 0 Å². The van der Waals surface area contributed by atoms with E-state index in [0.29, 0.717) is 6.04 Å². The molecule has 0 aromatic rings. The van der Waals surface area contributed by atoms with Gasteiger partial charge in [-0.05, 0) is 31.1 Å². The predicted octanol–water partition coefficient (Wildman–Crippen LogP) is 2.07. The Labute approximate surface area is 93.7 Å². The van der Waals surface area contributed by atoms with E-state index in [1.807, 2.05) is 0 Å². The number of hydrogen-bond donors (Lipinski definition) is 2. The minimum Gasteiger partial charge on any atom is -0.385 e. The number of hydrazine groups is 1. The first-order valence-electron chi connectivity index (χ1n) is 6.26. The molecule has 15 heavy (non-hydrogen) atoms. The summed E-state index contributed by atoms with van der Waals surface area (Å²) in [5, 5.41) is 0. The summed E-state index contributed by atoms with van der Waals surface area (Å²) in [6, 6.07) is 0.447. The van der Waals surface area contributed by atoms with Gasteiger partial charge in [0, 0.05) is 19.8 Å². The Kier molecular flexibility index (Phi) is 6.22. The van der Waals surface area contributed by atoms with Gasteiger partial charge in [-0.25, -0.2) is 0 Å². The molecule has 1 fully saturated rings. The maximum atomic E-state index is 5.61. The first-order chi connectivity index (χ1) is 7.31. The van der Waals surface area contributed by atoms with Crippen molar-refractivity contribution < 1.29 is 4.74 Å². The fraction of sp³-hybridized carbons (Fsp3) is 1.00. The highest BCUT2D eigenvalue weighted by Crippen LogP contribution is 2.32. The zero-order valence-electron chi connectivity index (χ0n) is 10.2. The minimum atomic E-state index is 0.447. The highest BCUT2D eigenvalue weighted by atomic mass is 16.5. The topological polar surface area (TPSA) is 47.3 Å². The van der Waals surface area contributed by atoms with Crippen LogP contribution in [-0.4, -0.2) is 19.8 Å². The van der Waals surface area contributed by atoms with Crippen LogP contribution in [0.1, 0.15) is 45.4 Å². The third kappa shape index (κ3) is 4.09. The largest absolute Gasteiger partial charge is 0.385 e. The Morgan fingerprint density at radius 2 is 2.00 bits per heavy atom. The summed E-state index contributed by atoms with van der Waals surface area (Å²) in [6.45, 7) is 3.11. The van der Waals surface area contributed by atoms with Gasteiger partial charge in [0.15, 0.2) is 0 Å². The Hall–Kier alpha value is -0.120. The Bertz CT molecular complexity index is 156. The van der Waals surface area contributed by atoms with Crippen LogP contribution in [0.5, 0.6) is 0 Å². The number of hydrogen-bond acceptors (Lipinski definition) is 3. The van der Waals surface area contributed by atoms with Crippen LogP contribution in [0.15, 0.2) is 0 Å². The third-order valence-electron chi connectivity index (χ3n) is 3.88. The van der Waals surface area contributed by atoms with Gasteiger partial charge in [-0.3, -0.25) is 11.3 Å². The standard InChI is InChI=1S/C12H26N2O/c1-3-10-4-6-11(7-5-10)12(14-13)8-9-15-2/h10-12,14H,3-9,13H2,1-2H3. The van der Waals surface area contributed by atoms with Crippen molar-refractivity contribution in [2.45, 2.75) is 51.5 Å². The van der Waals surface area contributed by atoms with Gasteiger partial charge >= 0.3 is 0 Å². The van der Waals surface area contributed by atoms with E-state index in [1.165, 1.54) is 32.1 Å². The summed E-state index contributed by atoms with van der Waals surface area (Å²) in [5.74, 6) is 7.32. The van der Waals surface area contributed by atoms with Gasteiger partial charge in [-0.1, -0.05) is 26.2 Å². The Morgan fingerprint density at radius 3 is 2.47 bits per heavy atom. The second kappa shape index (κ2) is 7.20. The van der Waals surface area contributed by atoms with Gasteiger partial charge in [0.05, 0.1) is 0 Å². The van der Waals surface area contributed by atoms with Gasteiger partial charge in [0.25, 0.3) is 0 Å². The lowest BCUT2D eigenvalue weighted by Crippen LogP contribution is -2.42. The normalized spacial score (nSPS) is 29.0. The molecule has 0 amide bonds. The predicted molar refractivity (Wildman–Crippen MR) is 63.3 cm³/mol. The zero-order chi connectivity index (χ0) is 11.1. The SMILES string of the molecule is CCC1CCC(C(CCOC)NN)CC1. The molecular formula is C12H26N2O. The molecule has 90 valence electrons. The number of nitrogens with one attached hydrogen (secondary N) is 1. The van der Waals surface area contributed by atoms with Gasteiger partial charge in [0.1, 0.15) is 0 Å². The lowest BCUT2D eigenvalue weighted by Gasteiger charge is -2.33. The fourth-order valence-corrected chi connectivity index (χ4v) is 2.70. The molecule has 3 heteroatoms. The highest BCUT2D eigenvalue weighted by Gasteiger charge is 2.25. The molecule has 0 saturated heterocycles. The summed E-state index contributed by atoms with van der Waals surface area (Å²) in [4.78, 5) is 0. The molecule has 0 aromatic heterocycles. The Balaban J connectivity index is 2.29. The molecule has 1 rings (SSSR count). The van der Waals surface area contributed by atoms with Gasteiger partial charge < -0.3 is 4.74 Å². The van der Waals surface area contributed by atoms with Crippen molar-refractivity contribution in [2.24, 2.45) is 17.7 Å². The molecule has 1 aliphatic rings. The van der Waals surface area contributed by atoms with E-state index in [0.717, 1.165) is 24.9 Å². The average Bonchev–Trinajstić information content (AvgIpc) is 2.31. The number of nitrogens with two attached hydrogens (primary N) is 1. The molecule has 0 spiro atoms. The van der Waals surface area contributed by atoms with Crippen LogP contribution in [0.4, 0.5) is 0 Å². The van der Waals surface area contributed by atoms with Crippen LogP contribution in [0.3, 0.4) is 0 Å². The summed E-state index contributed by atoms with van der Waals surface area (Å²) in [5.41, 5.74) is 2.96. The molecule has 0 bridgehead atoms. The first kappa shape index (κ1) is 12.9. The monoisotopic (exact) mass is 214 g/mol. The van der Waals surface area contributed by atoms with Crippen molar-refractivity contribution in [3.8, 4) is 0 Å². The number of methoxy groups -OCH3 is 1. The van der Waals surface area contributed by atoms with Crippen molar-refractivity contribution in [2.75, 3.05) is 13.7 Å². The molecule has 0 aromatic carbocycles. The average molecular weight is 214 g/mol.